The molecule has 0 saturated heterocycles. The summed E-state index contributed by atoms with van der Waals surface area (Å²) in [6.07, 6.45) is 0. The molecule has 104 valence electrons. The van der Waals surface area contributed by atoms with Gasteiger partial charge >= 0.3 is 0 Å². The van der Waals surface area contributed by atoms with Gasteiger partial charge in [-0.05, 0) is 54.1 Å². The largest absolute Gasteiger partial charge is 0.276 e. The first-order valence-corrected chi connectivity index (χ1v) is 7.11. The Morgan fingerprint density at radius 1 is 0.952 bits per heavy atom. The van der Waals surface area contributed by atoms with E-state index in [0.717, 1.165) is 5.56 Å². The van der Waals surface area contributed by atoms with Crippen molar-refractivity contribution >= 4 is 50.9 Å². The second-order valence-electron chi connectivity index (χ2n) is 4.35. The van der Waals surface area contributed by atoms with Crippen molar-refractivity contribution in [1.82, 2.24) is 9.97 Å². The molecule has 0 saturated carbocycles. The van der Waals surface area contributed by atoms with Crippen LogP contribution in [-0.2, 0) is 0 Å². The van der Waals surface area contributed by atoms with Gasteiger partial charge in [-0.2, -0.15) is 0 Å². The van der Waals surface area contributed by atoms with Crippen molar-refractivity contribution in [2.75, 3.05) is 0 Å². The van der Waals surface area contributed by atoms with Crippen molar-refractivity contribution in [3.8, 4) is 11.4 Å². The lowest BCUT2D eigenvalue weighted by Crippen LogP contribution is -1.94. The number of nitrogens with zero attached hydrogens (tertiary/aromatic N) is 2. The lowest BCUT2D eigenvalue weighted by Gasteiger charge is -2.05. The Morgan fingerprint density at radius 3 is 2.33 bits per heavy atom. The molecule has 1 heterocycles. The quantitative estimate of drug-likeness (QED) is 0.489. The van der Waals surface area contributed by atoms with Crippen molar-refractivity contribution in [2.45, 2.75) is 0 Å². The van der Waals surface area contributed by atoms with Gasteiger partial charge < -0.3 is 0 Å². The summed E-state index contributed by atoms with van der Waals surface area (Å²) in [5.41, 5.74) is 1.71. The maximum absolute atomic E-state index is 11.2. The van der Waals surface area contributed by atoms with Crippen LogP contribution in [0.15, 0.2) is 42.5 Å². The van der Waals surface area contributed by atoms with Crippen LogP contribution in [0.25, 0.3) is 22.3 Å². The van der Waals surface area contributed by atoms with E-state index in [-0.39, 0.29) is 0 Å². The Labute approximate surface area is 135 Å². The van der Waals surface area contributed by atoms with Crippen LogP contribution in [0, 0.1) is 0 Å². The first-order valence-electron chi connectivity index (χ1n) is 5.97. The van der Waals surface area contributed by atoms with Crippen LogP contribution in [0.1, 0.15) is 10.4 Å². The van der Waals surface area contributed by atoms with Crippen molar-refractivity contribution < 1.29 is 4.79 Å². The summed E-state index contributed by atoms with van der Waals surface area (Å²) in [4.78, 5) is 19.9. The van der Waals surface area contributed by atoms with E-state index in [9.17, 15) is 4.79 Å². The topological polar surface area (TPSA) is 42.9 Å². The molecule has 3 nitrogen and oxygen atoms in total. The first kappa shape index (κ1) is 14.3. The third kappa shape index (κ3) is 2.86. The molecule has 2 aromatic carbocycles. The van der Waals surface area contributed by atoms with Gasteiger partial charge in [-0.3, -0.25) is 4.79 Å². The Bertz CT molecular complexity index is 847. The number of benzene rings is 2. The number of carbonyl (C=O) groups is 1. The number of hydrogen-bond donors (Lipinski definition) is 0. The van der Waals surface area contributed by atoms with E-state index in [0.29, 0.717) is 32.5 Å². The fourth-order valence-corrected chi connectivity index (χ4v) is 2.42. The highest BCUT2D eigenvalue weighted by Gasteiger charge is 2.10. The Hall–Kier alpha value is -1.68. The van der Waals surface area contributed by atoms with Gasteiger partial charge in [0.2, 0.25) is 0 Å². The number of fused-ring (bicyclic) bond motifs is 1. The summed E-state index contributed by atoms with van der Waals surface area (Å²) < 4.78 is 0. The summed E-state index contributed by atoms with van der Waals surface area (Å²) in [6.45, 7) is 0. The lowest BCUT2D eigenvalue weighted by molar-refractivity contribution is 0.108. The summed E-state index contributed by atoms with van der Waals surface area (Å²) in [5, 5.41) is 1.06. The molecule has 0 aliphatic rings. The predicted octanol–water partition coefficient (Wildman–Crippen LogP) is 4.98. The molecule has 0 spiro atoms. The maximum atomic E-state index is 11.2. The molecule has 0 unspecified atom stereocenters. The van der Waals surface area contributed by atoms with Gasteiger partial charge in [0.15, 0.2) is 5.82 Å². The van der Waals surface area contributed by atoms with Crippen LogP contribution < -0.4 is 0 Å². The van der Waals surface area contributed by atoms with Crippen molar-refractivity contribution in [1.29, 1.82) is 0 Å². The highest BCUT2D eigenvalue weighted by molar-refractivity contribution is 6.67. The third-order valence-corrected chi connectivity index (χ3v) is 3.74. The van der Waals surface area contributed by atoms with E-state index in [1.165, 1.54) is 0 Å². The second-order valence-corrected chi connectivity index (χ2v) is 5.49. The molecule has 0 atom stereocenters. The van der Waals surface area contributed by atoms with Crippen LogP contribution in [0.4, 0.5) is 0 Å². The van der Waals surface area contributed by atoms with E-state index >= 15 is 0 Å². The Kier molecular flexibility index (Phi) is 3.81. The molecule has 6 heteroatoms. The Morgan fingerprint density at radius 2 is 1.67 bits per heavy atom. The maximum Gasteiger partial charge on any atom is 0.252 e. The zero-order chi connectivity index (χ0) is 15.0. The zero-order valence-electron chi connectivity index (χ0n) is 10.5. The average Bonchev–Trinajstić information content (AvgIpc) is 2.47. The molecule has 0 aliphatic heterocycles. The average molecular weight is 338 g/mol. The van der Waals surface area contributed by atoms with Gasteiger partial charge in [0.1, 0.15) is 5.15 Å². The molecule has 1 aromatic heterocycles. The number of hydrogen-bond acceptors (Lipinski definition) is 3. The molecule has 21 heavy (non-hydrogen) atoms. The lowest BCUT2D eigenvalue weighted by atomic mass is 10.1. The number of aromatic nitrogens is 2. The van der Waals surface area contributed by atoms with E-state index in [1.54, 1.807) is 42.5 Å². The van der Waals surface area contributed by atoms with E-state index in [2.05, 4.69) is 9.97 Å². The SMILES string of the molecule is O=C(Cl)c1ccc2c(Cl)nc(-c3ccc(Cl)cc3)nc2c1. The number of rotatable bonds is 2. The minimum atomic E-state index is -0.542. The van der Waals surface area contributed by atoms with E-state index in [1.807, 2.05) is 0 Å². The summed E-state index contributed by atoms with van der Waals surface area (Å²) in [7, 11) is 0. The Balaban J connectivity index is 2.20. The minimum absolute atomic E-state index is 0.318. The highest BCUT2D eigenvalue weighted by Crippen LogP contribution is 2.26. The van der Waals surface area contributed by atoms with Crippen molar-refractivity contribution in [2.24, 2.45) is 0 Å². The van der Waals surface area contributed by atoms with Crippen LogP contribution in [0.5, 0.6) is 0 Å². The molecule has 0 radical (unpaired) electrons. The molecule has 0 N–H and O–H groups in total. The molecule has 3 rings (SSSR count). The van der Waals surface area contributed by atoms with Gasteiger partial charge in [-0.1, -0.05) is 23.2 Å². The molecular formula is C15H7Cl3N2O. The molecule has 0 amide bonds. The van der Waals surface area contributed by atoms with Crippen LogP contribution >= 0.6 is 34.8 Å². The van der Waals surface area contributed by atoms with Crippen molar-refractivity contribution in [3.63, 3.8) is 0 Å². The number of carbonyl (C=O) groups excluding carboxylic acids is 1. The van der Waals surface area contributed by atoms with Crippen molar-refractivity contribution in [3.05, 3.63) is 58.2 Å². The number of halogens is 3. The third-order valence-electron chi connectivity index (χ3n) is 2.98. The summed E-state index contributed by atoms with van der Waals surface area (Å²) in [5.74, 6) is 0.461. The summed E-state index contributed by atoms with van der Waals surface area (Å²) >= 11 is 17.5. The molecule has 0 fully saturated rings. The highest BCUT2D eigenvalue weighted by atomic mass is 35.5. The van der Waals surface area contributed by atoms with E-state index in [4.69, 9.17) is 34.8 Å². The molecule has 0 aliphatic carbocycles. The molecule has 0 bridgehead atoms. The fraction of sp³-hybridized carbons (Fsp3) is 0. The fourth-order valence-electron chi connectivity index (χ4n) is 1.94. The summed E-state index contributed by atoms with van der Waals surface area (Å²) in [6, 6.07) is 12.0. The van der Waals surface area contributed by atoms with Crippen LogP contribution in [0.3, 0.4) is 0 Å². The molecular weight excluding hydrogens is 331 g/mol. The van der Waals surface area contributed by atoms with Gasteiger partial charge in [0, 0.05) is 21.5 Å². The standard InChI is InChI=1S/C15H7Cl3N2O/c16-10-4-1-8(2-5-10)15-19-12-7-9(14(18)21)3-6-11(12)13(17)20-15/h1-7H. The smallest absolute Gasteiger partial charge is 0.252 e. The normalized spacial score (nSPS) is 10.8. The predicted molar refractivity (Wildman–Crippen MR) is 85.2 cm³/mol. The zero-order valence-corrected chi connectivity index (χ0v) is 12.7. The minimum Gasteiger partial charge on any atom is -0.276 e. The van der Waals surface area contributed by atoms with Gasteiger partial charge in [-0.25, -0.2) is 9.97 Å². The second kappa shape index (κ2) is 5.60. The van der Waals surface area contributed by atoms with Gasteiger partial charge in [-0.15, -0.1) is 0 Å². The van der Waals surface area contributed by atoms with E-state index < -0.39 is 5.24 Å². The first-order chi connectivity index (χ1) is 10.0. The van der Waals surface area contributed by atoms with Crippen LogP contribution in [-0.4, -0.2) is 15.2 Å². The van der Waals surface area contributed by atoms with Gasteiger partial charge in [0.05, 0.1) is 5.52 Å². The monoisotopic (exact) mass is 336 g/mol. The van der Waals surface area contributed by atoms with Crippen LogP contribution in [0.2, 0.25) is 10.2 Å². The van der Waals surface area contributed by atoms with Gasteiger partial charge in [0.25, 0.3) is 5.24 Å². The molecule has 3 aromatic rings.